The predicted molar refractivity (Wildman–Crippen MR) is 72.4 cm³/mol. The fourth-order valence-corrected chi connectivity index (χ4v) is 1.74. The first kappa shape index (κ1) is 12.9. The van der Waals surface area contributed by atoms with Crippen molar-refractivity contribution in [2.24, 2.45) is 0 Å². The van der Waals surface area contributed by atoms with E-state index >= 15 is 0 Å². The maximum Gasteiger partial charge on any atom is 0.142 e. The van der Waals surface area contributed by atoms with Crippen LogP contribution in [0.15, 0.2) is 12.1 Å². The summed E-state index contributed by atoms with van der Waals surface area (Å²) in [4.78, 5) is 4.54. The summed E-state index contributed by atoms with van der Waals surface area (Å²) in [6, 6.07) is 4.67. The third kappa shape index (κ3) is 4.05. The van der Waals surface area contributed by atoms with Gasteiger partial charge in [-0.3, -0.25) is 4.98 Å². The number of unbranched alkanes of at least 4 members (excludes halogenated alkanes) is 1. The van der Waals surface area contributed by atoms with Crippen LogP contribution >= 0.6 is 0 Å². The van der Waals surface area contributed by atoms with Gasteiger partial charge in [0.1, 0.15) is 5.75 Å². The lowest BCUT2D eigenvalue weighted by atomic mass is 10.2. The quantitative estimate of drug-likeness (QED) is 0.591. The summed E-state index contributed by atoms with van der Waals surface area (Å²) in [5.41, 5.74) is 2.03. The van der Waals surface area contributed by atoms with Gasteiger partial charge in [0.05, 0.1) is 12.3 Å². The molecule has 0 bridgehead atoms. The van der Waals surface area contributed by atoms with E-state index in [9.17, 15) is 0 Å². The van der Waals surface area contributed by atoms with Crippen LogP contribution in [0, 0.1) is 19.3 Å². The summed E-state index contributed by atoms with van der Waals surface area (Å²) in [5, 5.41) is 3.47. The molecule has 1 aromatic rings. The minimum Gasteiger partial charge on any atom is -0.492 e. The zero-order valence-electron chi connectivity index (χ0n) is 10.9. The Bertz CT molecular complexity index is 433. The Morgan fingerprint density at radius 2 is 2.33 bits per heavy atom. The number of aryl methyl sites for hydroxylation is 1. The van der Waals surface area contributed by atoms with Gasteiger partial charge in [0, 0.05) is 24.7 Å². The smallest absolute Gasteiger partial charge is 0.142 e. The lowest BCUT2D eigenvalue weighted by Crippen LogP contribution is -2.17. The number of terminal acetylenes is 1. The van der Waals surface area contributed by atoms with Gasteiger partial charge in [-0.15, -0.1) is 12.3 Å². The Kier molecular flexibility index (Phi) is 4.60. The Labute approximate surface area is 109 Å². The van der Waals surface area contributed by atoms with Crippen LogP contribution in [0.2, 0.25) is 0 Å². The number of nitrogens with one attached hydrogen (secondary N) is 1. The number of ether oxygens (including phenoxy) is 1. The van der Waals surface area contributed by atoms with Crippen LogP contribution in [-0.4, -0.2) is 17.6 Å². The molecule has 1 aromatic heterocycles. The predicted octanol–water partition coefficient (Wildman–Crippen LogP) is 2.43. The second kappa shape index (κ2) is 6.42. The standard InChI is InChI=1S/C15H20N2O/c1-3-4-5-10-18-15-9-6-12(2)17-14(15)11-16-13-7-8-13/h1,6,9,13,16H,4-5,7-8,10-11H2,2H3. The monoisotopic (exact) mass is 244 g/mol. The van der Waals surface area contributed by atoms with Crippen LogP contribution in [0.25, 0.3) is 0 Å². The van der Waals surface area contributed by atoms with E-state index in [2.05, 4.69) is 16.2 Å². The van der Waals surface area contributed by atoms with Crippen LogP contribution in [0.5, 0.6) is 5.75 Å². The number of hydrogen-bond acceptors (Lipinski definition) is 3. The van der Waals surface area contributed by atoms with E-state index in [0.717, 1.165) is 36.5 Å². The van der Waals surface area contributed by atoms with Crippen LogP contribution in [0.1, 0.15) is 37.1 Å². The Hall–Kier alpha value is -1.53. The maximum absolute atomic E-state index is 5.75. The SMILES string of the molecule is C#CCCCOc1ccc(C)nc1CNC1CC1. The number of nitrogens with zero attached hydrogens (tertiary/aromatic N) is 1. The van der Waals surface area contributed by atoms with Crippen molar-refractivity contribution in [3.8, 4) is 18.1 Å². The second-order valence-corrected chi connectivity index (χ2v) is 4.71. The van der Waals surface area contributed by atoms with Crippen molar-refractivity contribution in [3.63, 3.8) is 0 Å². The fourth-order valence-electron chi connectivity index (χ4n) is 1.74. The third-order valence-corrected chi connectivity index (χ3v) is 2.93. The van der Waals surface area contributed by atoms with Crippen molar-refractivity contribution < 1.29 is 4.74 Å². The van der Waals surface area contributed by atoms with E-state index < -0.39 is 0 Å². The second-order valence-electron chi connectivity index (χ2n) is 4.71. The molecule has 0 atom stereocenters. The van der Waals surface area contributed by atoms with Gasteiger partial charge in [-0.2, -0.15) is 0 Å². The summed E-state index contributed by atoms with van der Waals surface area (Å²) >= 11 is 0. The molecule has 0 radical (unpaired) electrons. The number of pyridine rings is 1. The van der Waals surface area contributed by atoms with Gasteiger partial charge in [-0.25, -0.2) is 0 Å². The van der Waals surface area contributed by atoms with Gasteiger partial charge in [0.2, 0.25) is 0 Å². The molecule has 1 N–H and O–H groups in total. The van der Waals surface area contributed by atoms with Gasteiger partial charge in [-0.05, 0) is 38.3 Å². The van der Waals surface area contributed by atoms with Gasteiger partial charge >= 0.3 is 0 Å². The first-order valence-corrected chi connectivity index (χ1v) is 6.56. The molecule has 1 heterocycles. The summed E-state index contributed by atoms with van der Waals surface area (Å²) in [5.74, 6) is 3.50. The molecular formula is C15H20N2O. The molecule has 18 heavy (non-hydrogen) atoms. The number of aromatic nitrogens is 1. The zero-order chi connectivity index (χ0) is 12.8. The van der Waals surface area contributed by atoms with Crippen molar-refractivity contribution in [1.29, 1.82) is 0 Å². The molecule has 0 unspecified atom stereocenters. The van der Waals surface area contributed by atoms with E-state index in [1.54, 1.807) is 0 Å². The molecule has 0 aromatic carbocycles. The van der Waals surface area contributed by atoms with E-state index in [-0.39, 0.29) is 0 Å². The van der Waals surface area contributed by atoms with E-state index in [0.29, 0.717) is 12.6 Å². The van der Waals surface area contributed by atoms with E-state index in [1.165, 1.54) is 12.8 Å². The van der Waals surface area contributed by atoms with Gasteiger partial charge in [0.15, 0.2) is 0 Å². The third-order valence-electron chi connectivity index (χ3n) is 2.93. The van der Waals surface area contributed by atoms with Crippen molar-refractivity contribution in [3.05, 3.63) is 23.5 Å². The molecule has 1 aliphatic rings. The first-order chi connectivity index (χ1) is 8.79. The highest BCUT2D eigenvalue weighted by Gasteiger charge is 2.21. The highest BCUT2D eigenvalue weighted by atomic mass is 16.5. The van der Waals surface area contributed by atoms with Gasteiger partial charge in [0.25, 0.3) is 0 Å². The number of hydrogen-bond donors (Lipinski definition) is 1. The molecule has 3 heteroatoms. The fraction of sp³-hybridized carbons (Fsp3) is 0.533. The molecule has 0 amide bonds. The van der Waals surface area contributed by atoms with Gasteiger partial charge in [-0.1, -0.05) is 0 Å². The summed E-state index contributed by atoms with van der Waals surface area (Å²) < 4.78 is 5.75. The molecule has 0 saturated heterocycles. The summed E-state index contributed by atoms with van der Waals surface area (Å²) in [7, 11) is 0. The highest BCUT2D eigenvalue weighted by molar-refractivity contribution is 5.29. The van der Waals surface area contributed by atoms with Crippen molar-refractivity contribution in [2.75, 3.05) is 6.61 Å². The average molecular weight is 244 g/mol. The van der Waals surface area contributed by atoms with Gasteiger partial charge < -0.3 is 10.1 Å². The lowest BCUT2D eigenvalue weighted by molar-refractivity contribution is 0.307. The summed E-state index contributed by atoms with van der Waals surface area (Å²) in [6.45, 7) is 3.45. The minimum absolute atomic E-state index is 0.658. The van der Waals surface area contributed by atoms with Crippen molar-refractivity contribution >= 4 is 0 Å². The Morgan fingerprint density at radius 1 is 1.50 bits per heavy atom. The molecule has 2 rings (SSSR count). The molecule has 3 nitrogen and oxygen atoms in total. The Balaban J connectivity index is 1.91. The largest absolute Gasteiger partial charge is 0.492 e. The zero-order valence-corrected chi connectivity index (χ0v) is 10.9. The molecule has 1 fully saturated rings. The average Bonchev–Trinajstić information content (AvgIpc) is 3.18. The minimum atomic E-state index is 0.658. The highest BCUT2D eigenvalue weighted by Crippen LogP contribution is 2.22. The van der Waals surface area contributed by atoms with Crippen LogP contribution < -0.4 is 10.1 Å². The summed E-state index contributed by atoms with van der Waals surface area (Å²) in [6.07, 6.45) is 9.43. The molecule has 1 saturated carbocycles. The molecule has 96 valence electrons. The first-order valence-electron chi connectivity index (χ1n) is 6.56. The topological polar surface area (TPSA) is 34.1 Å². The maximum atomic E-state index is 5.75. The number of rotatable bonds is 7. The Morgan fingerprint density at radius 3 is 3.06 bits per heavy atom. The van der Waals surface area contributed by atoms with Crippen molar-refractivity contribution in [1.82, 2.24) is 10.3 Å². The lowest BCUT2D eigenvalue weighted by Gasteiger charge is -2.11. The molecule has 0 spiro atoms. The van der Waals surface area contributed by atoms with Crippen molar-refractivity contribution in [2.45, 2.75) is 45.2 Å². The van der Waals surface area contributed by atoms with Crippen LogP contribution in [0.4, 0.5) is 0 Å². The molecule has 1 aliphatic carbocycles. The van der Waals surface area contributed by atoms with Crippen LogP contribution in [-0.2, 0) is 6.54 Å². The van der Waals surface area contributed by atoms with E-state index in [4.69, 9.17) is 11.2 Å². The molecule has 0 aliphatic heterocycles. The van der Waals surface area contributed by atoms with Crippen LogP contribution in [0.3, 0.4) is 0 Å². The normalized spacial score (nSPS) is 14.2. The van der Waals surface area contributed by atoms with E-state index in [1.807, 2.05) is 19.1 Å². The molecular weight excluding hydrogens is 224 g/mol.